The smallest absolute Gasteiger partial charge is 0.411 e. The van der Waals surface area contributed by atoms with E-state index < -0.39 is 6.09 Å². The van der Waals surface area contributed by atoms with Crippen LogP contribution in [0.4, 0.5) is 16.3 Å². The van der Waals surface area contributed by atoms with Crippen LogP contribution in [-0.2, 0) is 4.74 Å². The molecule has 3 rings (SSSR count). The molecule has 1 aliphatic rings. The Morgan fingerprint density at radius 2 is 1.59 bits per heavy atom. The second-order valence-corrected chi connectivity index (χ2v) is 11.3. The summed E-state index contributed by atoms with van der Waals surface area (Å²) in [7, 11) is 0. The summed E-state index contributed by atoms with van der Waals surface area (Å²) >= 11 is 0. The summed E-state index contributed by atoms with van der Waals surface area (Å²) in [6.45, 7) is 18.2. The van der Waals surface area contributed by atoms with Crippen molar-refractivity contribution in [3.8, 4) is 5.75 Å². The normalized spacial score (nSPS) is 14.6. The number of nitrogens with one attached hydrogen (secondary N) is 1. The maximum Gasteiger partial charge on any atom is 0.411 e. The molecule has 1 aromatic heterocycles. The van der Waals surface area contributed by atoms with Crippen LogP contribution in [0.1, 0.15) is 73.4 Å². The second kappa shape index (κ2) is 13.2. The number of carbonyl (C=O) groups excluding carboxylic acids is 1. The van der Waals surface area contributed by atoms with Gasteiger partial charge in [-0.25, -0.2) is 9.59 Å². The molecule has 2 heterocycles. The highest BCUT2D eigenvalue weighted by Crippen LogP contribution is 2.24. The van der Waals surface area contributed by atoms with Gasteiger partial charge in [0.1, 0.15) is 17.2 Å². The van der Waals surface area contributed by atoms with Crippen LogP contribution < -0.4 is 26.2 Å². The van der Waals surface area contributed by atoms with Crippen LogP contribution in [-0.4, -0.2) is 65.1 Å². The minimum atomic E-state index is -0.460. The highest BCUT2D eigenvalue weighted by Gasteiger charge is 2.26. The summed E-state index contributed by atoms with van der Waals surface area (Å²) in [4.78, 5) is 42.1. The molecule has 1 fully saturated rings. The molecule has 0 aliphatic carbocycles. The van der Waals surface area contributed by atoms with Crippen molar-refractivity contribution in [3.05, 3.63) is 51.2 Å². The summed E-state index contributed by atoms with van der Waals surface area (Å²) < 4.78 is 14.4. The van der Waals surface area contributed by atoms with Gasteiger partial charge < -0.3 is 14.4 Å². The molecule has 0 spiro atoms. The number of hydrogen-bond donors (Lipinski definition) is 1. The maximum absolute atomic E-state index is 13.1. The zero-order valence-electron chi connectivity index (χ0n) is 24.5. The van der Waals surface area contributed by atoms with E-state index in [4.69, 9.17) is 9.47 Å². The summed E-state index contributed by atoms with van der Waals surface area (Å²) in [5, 5.41) is 2.71. The molecule has 216 valence electrons. The number of hydrogen-bond acceptors (Lipinski definition) is 7. The van der Waals surface area contributed by atoms with Gasteiger partial charge in [0.15, 0.2) is 0 Å². The van der Waals surface area contributed by atoms with Gasteiger partial charge in [-0.2, -0.15) is 0 Å². The number of anilines is 2. The third-order valence-corrected chi connectivity index (χ3v) is 6.84. The second-order valence-electron chi connectivity index (χ2n) is 11.3. The van der Waals surface area contributed by atoms with Gasteiger partial charge in [0.25, 0.3) is 5.56 Å². The number of amides is 1. The fraction of sp³-hybridized carbons (Fsp3) is 0.621. The summed E-state index contributed by atoms with van der Waals surface area (Å²) in [6, 6.07) is 8.67. The Morgan fingerprint density at radius 1 is 0.974 bits per heavy atom. The van der Waals surface area contributed by atoms with Crippen LogP contribution in [0.2, 0.25) is 0 Å². The van der Waals surface area contributed by atoms with Crippen molar-refractivity contribution in [2.75, 3.05) is 49.5 Å². The number of piperazine rings is 1. The van der Waals surface area contributed by atoms with Crippen LogP contribution in [0.25, 0.3) is 0 Å². The van der Waals surface area contributed by atoms with E-state index in [0.29, 0.717) is 18.1 Å². The lowest BCUT2D eigenvalue weighted by molar-refractivity contribution is 0.0820. The molecule has 39 heavy (non-hydrogen) atoms. The molecular formula is C29H45N5O5. The fourth-order valence-corrected chi connectivity index (χ4v) is 4.72. The quantitative estimate of drug-likeness (QED) is 0.446. The van der Waals surface area contributed by atoms with Crippen molar-refractivity contribution in [2.24, 2.45) is 0 Å². The highest BCUT2D eigenvalue weighted by atomic mass is 16.5. The van der Waals surface area contributed by atoms with Crippen molar-refractivity contribution in [1.29, 1.82) is 0 Å². The standard InChI is InChI=1S/C29H45N5O5/c1-8-19-38-27(36)30-23-9-11-24(12-10-23)39-29(6,7)13-14-31-15-17-32(18-16-31)25-20-26(35)34(22(4)5)28(37)33(25)21(2)3/h9-12,20-22H,8,13-19H2,1-7H3,(H,30,36). The largest absolute Gasteiger partial charge is 0.488 e. The van der Waals surface area contributed by atoms with Gasteiger partial charge in [0.05, 0.1) is 6.61 Å². The first-order valence-electron chi connectivity index (χ1n) is 14.0. The number of aromatic nitrogens is 2. The molecule has 0 unspecified atom stereocenters. The van der Waals surface area contributed by atoms with Crippen molar-refractivity contribution < 1.29 is 14.3 Å². The van der Waals surface area contributed by atoms with E-state index in [0.717, 1.165) is 51.3 Å². The molecule has 0 atom stereocenters. The lowest BCUT2D eigenvalue weighted by Gasteiger charge is -2.38. The third kappa shape index (κ3) is 8.11. The van der Waals surface area contributed by atoms with Crippen LogP contribution in [0, 0.1) is 0 Å². The molecule has 0 saturated carbocycles. The Kier molecular flexibility index (Phi) is 10.2. The monoisotopic (exact) mass is 543 g/mol. The summed E-state index contributed by atoms with van der Waals surface area (Å²) in [6.07, 6.45) is 1.15. The van der Waals surface area contributed by atoms with E-state index in [9.17, 15) is 14.4 Å². The van der Waals surface area contributed by atoms with Crippen LogP contribution >= 0.6 is 0 Å². The Hall–Kier alpha value is -3.27. The topological polar surface area (TPSA) is 98.0 Å². The van der Waals surface area contributed by atoms with Crippen molar-refractivity contribution in [2.45, 2.75) is 79.0 Å². The predicted octanol–water partition coefficient (Wildman–Crippen LogP) is 4.50. The zero-order valence-corrected chi connectivity index (χ0v) is 24.5. The van der Waals surface area contributed by atoms with Gasteiger partial charge in [-0.3, -0.25) is 24.1 Å². The van der Waals surface area contributed by atoms with Crippen LogP contribution in [0.5, 0.6) is 5.75 Å². The molecule has 10 nitrogen and oxygen atoms in total. The number of carbonyl (C=O) groups is 1. The molecule has 0 bridgehead atoms. The SMILES string of the molecule is CCCOC(=O)Nc1ccc(OC(C)(C)CCN2CCN(c3cc(=O)n(C(C)C)c(=O)n3C(C)C)CC2)cc1. The average Bonchev–Trinajstić information content (AvgIpc) is 2.87. The molecule has 2 aromatic rings. The van der Waals surface area contributed by atoms with Crippen LogP contribution in [0.3, 0.4) is 0 Å². The first kappa shape index (κ1) is 30.3. The number of nitrogens with zero attached hydrogens (tertiary/aromatic N) is 4. The lowest BCUT2D eigenvalue weighted by Crippen LogP contribution is -2.51. The molecule has 1 aromatic carbocycles. The van der Waals surface area contributed by atoms with E-state index in [1.807, 2.05) is 46.8 Å². The Morgan fingerprint density at radius 3 is 2.15 bits per heavy atom. The van der Waals surface area contributed by atoms with E-state index in [1.165, 1.54) is 4.57 Å². The Labute approximate surface area is 231 Å². The maximum atomic E-state index is 13.1. The molecular weight excluding hydrogens is 498 g/mol. The number of benzene rings is 1. The minimum absolute atomic E-state index is 0.0474. The number of rotatable bonds is 11. The van der Waals surface area contributed by atoms with Crippen molar-refractivity contribution in [3.63, 3.8) is 0 Å². The minimum Gasteiger partial charge on any atom is -0.488 e. The Bertz CT molecular complexity index is 1210. The summed E-state index contributed by atoms with van der Waals surface area (Å²) in [5.74, 6) is 1.44. The predicted molar refractivity (Wildman–Crippen MR) is 155 cm³/mol. The van der Waals surface area contributed by atoms with Gasteiger partial charge in [-0.1, -0.05) is 6.92 Å². The van der Waals surface area contributed by atoms with E-state index in [-0.39, 0.29) is 28.9 Å². The molecule has 10 heteroatoms. The van der Waals surface area contributed by atoms with E-state index >= 15 is 0 Å². The molecule has 1 N–H and O–H groups in total. The van der Waals surface area contributed by atoms with E-state index in [2.05, 4.69) is 29.0 Å². The molecule has 0 radical (unpaired) electrons. The first-order valence-corrected chi connectivity index (χ1v) is 14.0. The third-order valence-electron chi connectivity index (χ3n) is 6.84. The van der Waals surface area contributed by atoms with Gasteiger partial charge in [0, 0.05) is 56.6 Å². The first-order chi connectivity index (χ1) is 18.4. The average molecular weight is 544 g/mol. The number of ether oxygens (including phenoxy) is 2. The fourth-order valence-electron chi connectivity index (χ4n) is 4.72. The lowest BCUT2D eigenvalue weighted by atomic mass is 10.0. The van der Waals surface area contributed by atoms with Gasteiger partial charge in [0.2, 0.25) is 0 Å². The van der Waals surface area contributed by atoms with Crippen molar-refractivity contribution >= 4 is 17.6 Å². The van der Waals surface area contributed by atoms with E-state index in [1.54, 1.807) is 22.8 Å². The van der Waals surface area contributed by atoms with Gasteiger partial charge in [-0.15, -0.1) is 0 Å². The molecule has 1 amide bonds. The zero-order chi connectivity index (χ0) is 28.7. The Balaban J connectivity index is 1.54. The van der Waals surface area contributed by atoms with Gasteiger partial charge >= 0.3 is 11.8 Å². The van der Waals surface area contributed by atoms with Gasteiger partial charge in [-0.05, 0) is 78.6 Å². The molecule has 1 saturated heterocycles. The summed E-state index contributed by atoms with van der Waals surface area (Å²) in [5.41, 5.74) is -0.220. The highest BCUT2D eigenvalue weighted by molar-refractivity contribution is 5.84. The van der Waals surface area contributed by atoms with Crippen LogP contribution in [0.15, 0.2) is 39.9 Å². The van der Waals surface area contributed by atoms with Crippen molar-refractivity contribution in [1.82, 2.24) is 14.0 Å². The molecule has 1 aliphatic heterocycles.